The van der Waals surface area contributed by atoms with Crippen molar-refractivity contribution in [3.8, 4) is 0 Å². The van der Waals surface area contributed by atoms with Gasteiger partial charge >= 0.3 is 0 Å². The lowest BCUT2D eigenvalue weighted by atomic mass is 9.85. The van der Waals surface area contributed by atoms with Crippen LogP contribution in [0.1, 0.15) is 27.2 Å². The van der Waals surface area contributed by atoms with Crippen LogP contribution in [0.5, 0.6) is 0 Å². The molecule has 11 heavy (non-hydrogen) atoms. The molecule has 0 aromatic heterocycles. The predicted molar refractivity (Wildman–Crippen MR) is 47.3 cm³/mol. The molecule has 0 atom stereocenters. The monoisotopic (exact) mass is 155 g/mol. The average Bonchev–Trinajstić information content (AvgIpc) is 1.88. The molecule has 0 rings (SSSR count). The van der Waals surface area contributed by atoms with E-state index < -0.39 is 0 Å². The van der Waals surface area contributed by atoms with E-state index in [4.69, 9.17) is 0 Å². The summed E-state index contributed by atoms with van der Waals surface area (Å²) in [6.45, 7) is 9.89. The van der Waals surface area contributed by atoms with Crippen LogP contribution in [-0.2, 0) is 4.79 Å². The van der Waals surface area contributed by atoms with E-state index in [0.29, 0.717) is 0 Å². The summed E-state index contributed by atoms with van der Waals surface area (Å²) in [5.74, 6) is 0.239. The Morgan fingerprint density at radius 3 is 2.55 bits per heavy atom. The summed E-state index contributed by atoms with van der Waals surface area (Å²) < 4.78 is 0. The highest BCUT2D eigenvalue weighted by Crippen LogP contribution is 2.20. The van der Waals surface area contributed by atoms with E-state index in [-0.39, 0.29) is 11.2 Å². The van der Waals surface area contributed by atoms with Gasteiger partial charge in [-0.15, -0.1) is 0 Å². The normalized spacial score (nSPS) is 10.8. The van der Waals surface area contributed by atoms with Crippen molar-refractivity contribution in [3.63, 3.8) is 0 Å². The van der Waals surface area contributed by atoms with E-state index >= 15 is 0 Å². The van der Waals surface area contributed by atoms with Gasteiger partial charge in [-0.3, -0.25) is 4.79 Å². The molecule has 0 aliphatic rings. The first kappa shape index (κ1) is 10.2. The van der Waals surface area contributed by atoms with Gasteiger partial charge in [-0.1, -0.05) is 20.4 Å². The molecular weight excluding hydrogens is 138 g/mol. The molecule has 0 radical (unpaired) electrons. The fourth-order valence-electron chi connectivity index (χ4n) is 0.663. The second kappa shape index (κ2) is 4.16. The number of nitrogens with one attached hydrogen (secondary N) is 1. The van der Waals surface area contributed by atoms with E-state index in [2.05, 4.69) is 11.9 Å². The number of hydrogen-bond acceptors (Lipinski definition) is 2. The van der Waals surface area contributed by atoms with Crippen molar-refractivity contribution in [1.82, 2.24) is 5.32 Å². The minimum Gasteiger partial charge on any atom is -0.391 e. The molecule has 2 heteroatoms. The summed E-state index contributed by atoms with van der Waals surface area (Å²) in [6, 6.07) is 0. The lowest BCUT2D eigenvalue weighted by Crippen LogP contribution is -2.25. The Bertz CT molecular complexity index is 150. The average molecular weight is 155 g/mol. The third-order valence-corrected chi connectivity index (χ3v) is 1.99. The first-order chi connectivity index (χ1) is 5.00. The van der Waals surface area contributed by atoms with E-state index in [1.807, 2.05) is 13.8 Å². The molecular formula is C9H17NO. The maximum Gasteiger partial charge on any atom is 0.135 e. The van der Waals surface area contributed by atoms with Crippen LogP contribution in [0.4, 0.5) is 0 Å². The van der Waals surface area contributed by atoms with E-state index in [1.54, 1.807) is 13.1 Å². The second-order valence-corrected chi connectivity index (χ2v) is 3.35. The van der Waals surface area contributed by atoms with Crippen molar-refractivity contribution < 1.29 is 4.79 Å². The molecule has 0 saturated heterocycles. The lowest BCUT2D eigenvalue weighted by Gasteiger charge is -2.20. The highest BCUT2D eigenvalue weighted by atomic mass is 16.1. The third kappa shape index (κ3) is 3.81. The predicted octanol–water partition coefficient (Wildman–Crippen LogP) is 1.72. The van der Waals surface area contributed by atoms with Crippen LogP contribution in [0.2, 0.25) is 0 Å². The number of ketones is 1. The summed E-state index contributed by atoms with van der Waals surface area (Å²) in [4.78, 5) is 11.0. The Kier molecular flexibility index (Phi) is 3.86. The first-order valence-electron chi connectivity index (χ1n) is 3.86. The van der Waals surface area contributed by atoms with Gasteiger partial charge in [-0.25, -0.2) is 0 Å². The molecule has 0 aliphatic carbocycles. The maximum atomic E-state index is 11.0. The molecule has 0 bridgehead atoms. The molecule has 0 heterocycles. The number of carbonyl (C=O) groups excluding carboxylic acids is 1. The van der Waals surface area contributed by atoms with Crippen molar-refractivity contribution in [2.75, 3.05) is 6.54 Å². The van der Waals surface area contributed by atoms with Gasteiger partial charge in [0, 0.05) is 12.0 Å². The number of carbonyl (C=O) groups is 1. The summed E-state index contributed by atoms with van der Waals surface area (Å²) in [5.41, 5.74) is -0.198. The van der Waals surface area contributed by atoms with Gasteiger partial charge in [0.2, 0.25) is 0 Å². The van der Waals surface area contributed by atoms with Gasteiger partial charge in [0.1, 0.15) is 5.78 Å². The zero-order valence-electron chi connectivity index (χ0n) is 7.61. The lowest BCUT2D eigenvalue weighted by molar-refractivity contribution is -0.125. The van der Waals surface area contributed by atoms with Crippen molar-refractivity contribution in [1.29, 1.82) is 0 Å². The Hall–Kier alpha value is -0.790. The topological polar surface area (TPSA) is 29.1 Å². The fraction of sp³-hybridized carbons (Fsp3) is 0.667. The third-order valence-electron chi connectivity index (χ3n) is 1.99. The van der Waals surface area contributed by atoms with Gasteiger partial charge < -0.3 is 5.32 Å². The highest BCUT2D eigenvalue weighted by Gasteiger charge is 2.22. The van der Waals surface area contributed by atoms with Crippen LogP contribution < -0.4 is 5.32 Å². The molecule has 2 nitrogen and oxygen atoms in total. The minimum absolute atomic E-state index is 0.198. The van der Waals surface area contributed by atoms with Gasteiger partial charge in [0.05, 0.1) is 0 Å². The zero-order chi connectivity index (χ0) is 8.91. The standard InChI is InChI=1S/C9H17NO/c1-5-10-7-6-9(3,4)8(2)11/h5,10H,1,6-7H2,2-4H3. The van der Waals surface area contributed by atoms with Crippen LogP contribution >= 0.6 is 0 Å². The molecule has 64 valence electrons. The summed E-state index contributed by atoms with van der Waals surface area (Å²) >= 11 is 0. The molecule has 0 aromatic rings. The highest BCUT2D eigenvalue weighted by molar-refractivity contribution is 5.81. The number of rotatable bonds is 5. The summed E-state index contributed by atoms with van der Waals surface area (Å²) in [7, 11) is 0. The van der Waals surface area contributed by atoms with Crippen molar-refractivity contribution >= 4 is 5.78 Å². The van der Waals surface area contributed by atoms with Crippen molar-refractivity contribution in [2.45, 2.75) is 27.2 Å². The number of Topliss-reactive ketones (excluding diaryl/α,β-unsaturated/α-hetero) is 1. The van der Waals surface area contributed by atoms with E-state index in [9.17, 15) is 4.79 Å². The Morgan fingerprint density at radius 1 is 1.64 bits per heavy atom. The second-order valence-electron chi connectivity index (χ2n) is 3.35. The van der Waals surface area contributed by atoms with E-state index in [0.717, 1.165) is 13.0 Å². The van der Waals surface area contributed by atoms with Crippen LogP contribution in [0.15, 0.2) is 12.8 Å². The van der Waals surface area contributed by atoms with Crippen molar-refractivity contribution in [2.24, 2.45) is 5.41 Å². The molecule has 0 unspecified atom stereocenters. The molecule has 0 spiro atoms. The van der Waals surface area contributed by atoms with Crippen LogP contribution in [0.3, 0.4) is 0 Å². The van der Waals surface area contributed by atoms with Gasteiger partial charge in [0.25, 0.3) is 0 Å². The molecule has 0 aliphatic heterocycles. The molecule has 0 aromatic carbocycles. The largest absolute Gasteiger partial charge is 0.391 e. The van der Waals surface area contributed by atoms with Gasteiger partial charge in [-0.2, -0.15) is 0 Å². The smallest absolute Gasteiger partial charge is 0.135 e. The fourth-order valence-corrected chi connectivity index (χ4v) is 0.663. The van der Waals surface area contributed by atoms with Crippen molar-refractivity contribution in [3.05, 3.63) is 12.8 Å². The molecule has 1 N–H and O–H groups in total. The SMILES string of the molecule is C=CNCCC(C)(C)C(C)=O. The zero-order valence-corrected chi connectivity index (χ0v) is 7.61. The Balaban J connectivity index is 3.72. The Labute approximate surface area is 68.7 Å². The molecule has 0 saturated carbocycles. The minimum atomic E-state index is -0.198. The summed E-state index contributed by atoms with van der Waals surface area (Å²) in [5, 5.41) is 2.97. The molecule has 0 fully saturated rings. The Morgan fingerprint density at radius 2 is 2.18 bits per heavy atom. The van der Waals surface area contributed by atoms with Crippen LogP contribution in [0.25, 0.3) is 0 Å². The first-order valence-corrected chi connectivity index (χ1v) is 3.86. The van der Waals surface area contributed by atoms with E-state index in [1.165, 1.54) is 0 Å². The van der Waals surface area contributed by atoms with Crippen LogP contribution in [-0.4, -0.2) is 12.3 Å². The van der Waals surface area contributed by atoms with Gasteiger partial charge in [0.15, 0.2) is 0 Å². The quantitative estimate of drug-likeness (QED) is 0.612. The maximum absolute atomic E-state index is 11.0. The van der Waals surface area contributed by atoms with Crippen LogP contribution in [0, 0.1) is 5.41 Å². The summed E-state index contributed by atoms with van der Waals surface area (Å²) in [6.07, 6.45) is 2.50. The van der Waals surface area contributed by atoms with Gasteiger partial charge in [-0.05, 0) is 19.5 Å². The molecule has 0 amide bonds. The number of hydrogen-bond donors (Lipinski definition) is 1.